The first-order valence-electron chi connectivity index (χ1n) is 7.48. The van der Waals surface area contributed by atoms with Gasteiger partial charge in [0.15, 0.2) is 5.96 Å². The molecule has 2 heterocycles. The predicted octanol–water partition coefficient (Wildman–Crippen LogP) is 1.58. The molecule has 1 saturated carbocycles. The van der Waals surface area contributed by atoms with Crippen molar-refractivity contribution in [3.63, 3.8) is 0 Å². The molecule has 1 aliphatic carbocycles. The number of anilines is 1. The van der Waals surface area contributed by atoms with Crippen molar-refractivity contribution < 1.29 is 8.78 Å². The van der Waals surface area contributed by atoms with Gasteiger partial charge in [0, 0.05) is 58.0 Å². The van der Waals surface area contributed by atoms with Gasteiger partial charge in [-0.05, 0) is 12.0 Å². The third-order valence-electron chi connectivity index (χ3n) is 4.12. The summed E-state index contributed by atoms with van der Waals surface area (Å²) in [5.41, 5.74) is 5.97. The number of piperazine rings is 1. The lowest BCUT2D eigenvalue weighted by atomic mass is 9.81. The molecular weight excluding hydrogens is 417 g/mol. The fraction of sp³-hybridized carbons (Fsp3) is 0.643. The van der Waals surface area contributed by atoms with E-state index in [-0.39, 0.29) is 42.7 Å². The van der Waals surface area contributed by atoms with E-state index in [1.807, 2.05) is 4.90 Å². The van der Waals surface area contributed by atoms with Crippen LogP contribution in [0.4, 0.5) is 14.7 Å². The van der Waals surface area contributed by atoms with Gasteiger partial charge in [-0.2, -0.15) is 0 Å². The minimum atomic E-state index is -2.49. The van der Waals surface area contributed by atoms with Crippen molar-refractivity contribution >= 4 is 35.9 Å². The Morgan fingerprint density at radius 3 is 2.39 bits per heavy atom. The highest BCUT2D eigenvalue weighted by Crippen LogP contribution is 2.42. The fourth-order valence-corrected chi connectivity index (χ4v) is 2.83. The maximum atomic E-state index is 12.8. The highest BCUT2D eigenvalue weighted by molar-refractivity contribution is 14.0. The molecular formula is C14H21F2IN6. The Morgan fingerprint density at radius 2 is 1.83 bits per heavy atom. The van der Waals surface area contributed by atoms with Crippen LogP contribution in [0.15, 0.2) is 23.5 Å². The van der Waals surface area contributed by atoms with Crippen LogP contribution in [0.2, 0.25) is 0 Å². The van der Waals surface area contributed by atoms with Gasteiger partial charge < -0.3 is 15.5 Å². The van der Waals surface area contributed by atoms with Crippen molar-refractivity contribution in [2.24, 2.45) is 16.6 Å². The van der Waals surface area contributed by atoms with Crippen molar-refractivity contribution in [2.45, 2.75) is 18.8 Å². The molecule has 3 rings (SSSR count). The van der Waals surface area contributed by atoms with E-state index >= 15 is 0 Å². The highest BCUT2D eigenvalue weighted by atomic mass is 127. The molecule has 1 aliphatic heterocycles. The van der Waals surface area contributed by atoms with Crippen LogP contribution in [-0.2, 0) is 0 Å². The first-order chi connectivity index (χ1) is 10.5. The zero-order valence-electron chi connectivity index (χ0n) is 12.7. The largest absolute Gasteiger partial charge is 0.370 e. The third-order valence-corrected chi connectivity index (χ3v) is 4.12. The lowest BCUT2D eigenvalue weighted by molar-refractivity contribution is -0.107. The monoisotopic (exact) mass is 438 g/mol. The topological polar surface area (TPSA) is 70.6 Å². The number of halogens is 3. The number of aliphatic imine (C=N–C) groups is 1. The Kier molecular flexibility index (Phi) is 5.93. The number of alkyl halides is 2. The maximum absolute atomic E-state index is 12.8. The minimum Gasteiger partial charge on any atom is -0.370 e. The smallest absolute Gasteiger partial charge is 0.248 e. The van der Waals surface area contributed by atoms with E-state index in [2.05, 4.69) is 19.9 Å². The summed E-state index contributed by atoms with van der Waals surface area (Å²) in [6.45, 7) is 3.38. The summed E-state index contributed by atoms with van der Waals surface area (Å²) in [6, 6.07) is 1.79. The van der Waals surface area contributed by atoms with Gasteiger partial charge in [0.2, 0.25) is 11.9 Å². The molecule has 1 saturated heterocycles. The summed E-state index contributed by atoms with van der Waals surface area (Å²) >= 11 is 0. The SMILES string of the molecule is I.NC(=NCC1CC(F)(F)C1)N1CCN(c2ncccn2)CC1. The normalized spacial score (nSPS) is 21.6. The zero-order chi connectivity index (χ0) is 15.6. The average Bonchev–Trinajstić information content (AvgIpc) is 2.51. The summed E-state index contributed by atoms with van der Waals surface area (Å²) in [5, 5.41) is 0. The Morgan fingerprint density at radius 1 is 1.22 bits per heavy atom. The quantitative estimate of drug-likeness (QED) is 0.441. The van der Waals surface area contributed by atoms with Gasteiger partial charge >= 0.3 is 0 Å². The summed E-state index contributed by atoms with van der Waals surface area (Å²) in [4.78, 5) is 16.8. The second kappa shape index (κ2) is 7.54. The van der Waals surface area contributed by atoms with E-state index in [0.717, 1.165) is 26.2 Å². The van der Waals surface area contributed by atoms with Gasteiger partial charge in [0.1, 0.15) is 0 Å². The molecule has 2 aliphatic rings. The van der Waals surface area contributed by atoms with E-state index in [4.69, 9.17) is 5.73 Å². The molecule has 0 amide bonds. The molecule has 0 radical (unpaired) electrons. The van der Waals surface area contributed by atoms with Gasteiger partial charge in [0.25, 0.3) is 0 Å². The van der Waals surface area contributed by atoms with Crippen LogP contribution in [0, 0.1) is 5.92 Å². The maximum Gasteiger partial charge on any atom is 0.248 e. The molecule has 0 atom stereocenters. The van der Waals surface area contributed by atoms with Crippen molar-refractivity contribution in [1.82, 2.24) is 14.9 Å². The van der Waals surface area contributed by atoms with E-state index < -0.39 is 5.92 Å². The average molecular weight is 438 g/mol. The summed E-state index contributed by atoms with van der Waals surface area (Å²) in [5.74, 6) is -1.36. The van der Waals surface area contributed by atoms with Gasteiger partial charge in [-0.15, -0.1) is 24.0 Å². The first kappa shape index (κ1) is 18.1. The lowest BCUT2D eigenvalue weighted by Crippen LogP contribution is -2.51. The molecule has 0 unspecified atom stereocenters. The van der Waals surface area contributed by atoms with E-state index in [1.165, 1.54) is 0 Å². The van der Waals surface area contributed by atoms with E-state index in [9.17, 15) is 8.78 Å². The van der Waals surface area contributed by atoms with Crippen molar-refractivity contribution in [2.75, 3.05) is 37.6 Å². The number of nitrogens with two attached hydrogens (primary N) is 1. The number of rotatable bonds is 3. The molecule has 1 aromatic rings. The Balaban J connectivity index is 0.00000192. The van der Waals surface area contributed by atoms with Crippen molar-refractivity contribution in [1.29, 1.82) is 0 Å². The van der Waals surface area contributed by atoms with Crippen LogP contribution in [0.1, 0.15) is 12.8 Å². The summed E-state index contributed by atoms with van der Waals surface area (Å²) in [6.07, 6.45) is 3.31. The fourth-order valence-electron chi connectivity index (χ4n) is 2.83. The van der Waals surface area contributed by atoms with Gasteiger partial charge in [-0.1, -0.05) is 0 Å². The summed E-state index contributed by atoms with van der Waals surface area (Å²) in [7, 11) is 0. The van der Waals surface area contributed by atoms with Crippen molar-refractivity contribution in [3.8, 4) is 0 Å². The second-order valence-electron chi connectivity index (χ2n) is 5.85. The number of hydrogen-bond acceptors (Lipinski definition) is 4. The van der Waals surface area contributed by atoms with Crippen LogP contribution < -0.4 is 10.6 Å². The molecule has 2 N–H and O–H groups in total. The van der Waals surface area contributed by atoms with Crippen LogP contribution in [0.25, 0.3) is 0 Å². The zero-order valence-corrected chi connectivity index (χ0v) is 15.1. The molecule has 9 heteroatoms. The Bertz CT molecular complexity index is 525. The molecule has 128 valence electrons. The molecule has 0 spiro atoms. The minimum absolute atomic E-state index is 0. The van der Waals surface area contributed by atoms with Gasteiger partial charge in [-0.3, -0.25) is 4.99 Å². The third kappa shape index (κ3) is 4.61. The lowest BCUT2D eigenvalue weighted by Gasteiger charge is -2.36. The molecule has 23 heavy (non-hydrogen) atoms. The Labute approximate surface area is 151 Å². The molecule has 2 fully saturated rings. The second-order valence-corrected chi connectivity index (χ2v) is 5.85. The molecule has 0 aromatic carbocycles. The number of hydrogen-bond donors (Lipinski definition) is 1. The van der Waals surface area contributed by atoms with Crippen LogP contribution >= 0.6 is 24.0 Å². The Hall–Kier alpha value is -1.26. The molecule has 1 aromatic heterocycles. The van der Waals surface area contributed by atoms with E-state index in [1.54, 1.807) is 18.5 Å². The molecule has 0 bridgehead atoms. The van der Waals surface area contributed by atoms with Gasteiger partial charge in [-0.25, -0.2) is 18.7 Å². The van der Waals surface area contributed by atoms with Crippen LogP contribution in [0.3, 0.4) is 0 Å². The number of nitrogens with zero attached hydrogens (tertiary/aromatic N) is 5. The summed E-state index contributed by atoms with van der Waals surface area (Å²) < 4.78 is 25.5. The first-order valence-corrected chi connectivity index (χ1v) is 7.48. The van der Waals surface area contributed by atoms with Gasteiger partial charge in [0.05, 0.1) is 0 Å². The predicted molar refractivity (Wildman–Crippen MR) is 95.4 cm³/mol. The van der Waals surface area contributed by atoms with Crippen LogP contribution in [0.5, 0.6) is 0 Å². The highest BCUT2D eigenvalue weighted by Gasteiger charge is 2.44. The number of aromatic nitrogens is 2. The van der Waals surface area contributed by atoms with Crippen molar-refractivity contribution in [3.05, 3.63) is 18.5 Å². The standard InChI is InChI=1S/C14H20F2N6.HI/c15-14(16)8-11(9-14)10-20-12(17)21-4-6-22(7-5-21)13-18-2-1-3-19-13;/h1-3,11H,4-10H2,(H2,17,20);1H. The van der Waals surface area contributed by atoms with Crippen LogP contribution in [-0.4, -0.2) is 59.5 Å². The molecule has 6 nitrogen and oxygen atoms in total. The van der Waals surface area contributed by atoms with E-state index in [0.29, 0.717) is 18.5 Å². The number of guanidine groups is 1.